The van der Waals surface area contributed by atoms with Gasteiger partial charge in [-0.1, -0.05) is 66.2 Å². The molecule has 0 saturated heterocycles. The molecule has 0 aliphatic rings. The highest BCUT2D eigenvalue weighted by atomic mass is 35.5. The fourth-order valence-corrected chi connectivity index (χ4v) is 6.79. The molecular weight excluding hydrogens is 622 g/mol. The predicted molar refractivity (Wildman–Crippen MR) is 185 cm³/mol. The van der Waals surface area contributed by atoms with Gasteiger partial charge in [-0.05, 0) is 73.3 Å². The lowest BCUT2D eigenvalue weighted by atomic mass is 9.99. The summed E-state index contributed by atoms with van der Waals surface area (Å²) < 4.78 is 0. The summed E-state index contributed by atoms with van der Waals surface area (Å²) in [5, 5.41) is 7.75. The highest BCUT2D eigenvalue weighted by molar-refractivity contribution is 7.99. The largest absolute Gasteiger partial charge is 0.358 e. The molecule has 4 rings (SSSR count). The Morgan fingerprint density at radius 2 is 1.76 bits per heavy atom. The molecule has 1 heterocycles. The second kappa shape index (κ2) is 17.5. The maximum absolute atomic E-state index is 14.1. The van der Waals surface area contributed by atoms with Gasteiger partial charge in [-0.2, -0.15) is 0 Å². The molecule has 0 aliphatic carbocycles. The molecule has 0 spiro atoms. The number of hydrogen-bond acceptors (Lipinski definition) is 8. The summed E-state index contributed by atoms with van der Waals surface area (Å²) in [5.74, 6) is 4.75. The van der Waals surface area contributed by atoms with E-state index in [4.69, 9.17) is 33.8 Å². The Morgan fingerprint density at radius 1 is 1.02 bits per heavy atom. The number of hydrogen-bond donors (Lipinski definition) is 6. The van der Waals surface area contributed by atoms with Crippen molar-refractivity contribution < 1.29 is 14.4 Å². The van der Waals surface area contributed by atoms with Gasteiger partial charge in [0.2, 0.25) is 11.8 Å². The van der Waals surface area contributed by atoms with Crippen molar-refractivity contribution in [1.82, 2.24) is 20.5 Å². The molecule has 2 atom stereocenters. The molecular formula is C34H44ClN7O3S. The number of H-pyrrole nitrogens is 1. The maximum Gasteiger partial charge on any atom is 0.243 e. The molecule has 3 aromatic carbocycles. The van der Waals surface area contributed by atoms with Crippen molar-refractivity contribution in [2.45, 2.75) is 67.6 Å². The van der Waals surface area contributed by atoms with Crippen LogP contribution in [0.5, 0.6) is 0 Å². The number of aromatic nitrogens is 1. The van der Waals surface area contributed by atoms with Gasteiger partial charge in [-0.15, -0.1) is 0 Å². The van der Waals surface area contributed by atoms with Gasteiger partial charge in [0.25, 0.3) is 0 Å². The number of unbranched alkanes of at least 4 members (excludes halogenated alkanes) is 1. The first-order chi connectivity index (χ1) is 22.3. The summed E-state index contributed by atoms with van der Waals surface area (Å²) >= 11 is 7.99. The average Bonchev–Trinajstić information content (AvgIpc) is 3.38. The van der Waals surface area contributed by atoms with Gasteiger partial charge in [0.05, 0.1) is 6.04 Å². The number of nitrogens with one attached hydrogen (secondary N) is 3. The first-order valence-corrected chi connectivity index (χ1v) is 16.6. The third-order valence-corrected chi connectivity index (χ3v) is 9.56. The zero-order valence-corrected chi connectivity index (χ0v) is 27.9. The van der Waals surface area contributed by atoms with Crippen LogP contribution in [0.2, 0.25) is 5.02 Å². The van der Waals surface area contributed by atoms with Crippen LogP contribution in [0.4, 0.5) is 0 Å². The van der Waals surface area contributed by atoms with Crippen LogP contribution < -0.4 is 28.0 Å². The van der Waals surface area contributed by atoms with Gasteiger partial charge in [0, 0.05) is 58.0 Å². The summed E-state index contributed by atoms with van der Waals surface area (Å²) in [4.78, 5) is 39.7. The topological polar surface area (TPSA) is 165 Å². The molecule has 2 amide bonds. The van der Waals surface area contributed by atoms with E-state index in [9.17, 15) is 9.59 Å². The van der Waals surface area contributed by atoms with Crippen molar-refractivity contribution in [2.75, 3.05) is 20.3 Å². The highest BCUT2D eigenvalue weighted by Crippen LogP contribution is 2.34. The van der Waals surface area contributed by atoms with E-state index in [0.717, 1.165) is 55.9 Å². The van der Waals surface area contributed by atoms with Gasteiger partial charge in [-0.25, -0.2) is 5.90 Å². The Labute approximate surface area is 279 Å². The molecule has 9 N–H and O–H groups in total. The number of amides is 2. The zero-order valence-electron chi connectivity index (χ0n) is 26.4. The quantitative estimate of drug-likeness (QED) is 0.0550. The fraction of sp³-hybridized carbons (Fsp3) is 0.353. The number of aryl methyl sites for hydroxylation is 1. The van der Waals surface area contributed by atoms with Gasteiger partial charge < -0.3 is 26.7 Å². The van der Waals surface area contributed by atoms with E-state index in [2.05, 4.69) is 15.6 Å². The SMILES string of the molecule is Cc1[nH]c2ccccc2c1C[C@@H](C(=O)NCc1cc(Cl)ccc1Sc1ccccc1CN)N(C)C(=O)[C@H](CCCCN)NCON. The Balaban J connectivity index is 1.62. The molecule has 0 saturated carbocycles. The number of aromatic amines is 1. The minimum atomic E-state index is -0.809. The monoisotopic (exact) mass is 665 g/mol. The molecule has 12 heteroatoms. The third-order valence-electron chi connectivity index (χ3n) is 8.09. The van der Waals surface area contributed by atoms with Crippen molar-refractivity contribution in [3.8, 4) is 0 Å². The van der Waals surface area contributed by atoms with Crippen LogP contribution in [-0.4, -0.2) is 54.1 Å². The summed E-state index contributed by atoms with van der Waals surface area (Å²) in [5.41, 5.74) is 16.5. The molecule has 0 unspecified atom stereocenters. The lowest BCUT2D eigenvalue weighted by molar-refractivity contribution is -0.141. The number of nitrogens with two attached hydrogens (primary N) is 3. The van der Waals surface area contributed by atoms with Crippen LogP contribution in [0.1, 0.15) is 41.6 Å². The summed E-state index contributed by atoms with van der Waals surface area (Å²) in [7, 11) is 1.67. The maximum atomic E-state index is 14.1. The Bertz CT molecular complexity index is 1610. The van der Waals surface area contributed by atoms with E-state index in [0.29, 0.717) is 31.0 Å². The number of likely N-dealkylation sites (N-methyl/N-ethyl adjacent to an activating group) is 1. The van der Waals surface area contributed by atoms with Crippen molar-refractivity contribution in [1.29, 1.82) is 0 Å². The number of nitrogens with zero attached hydrogens (tertiary/aromatic N) is 1. The molecule has 4 aromatic rings. The van der Waals surface area contributed by atoms with Crippen LogP contribution in [0.15, 0.2) is 76.5 Å². The third kappa shape index (κ3) is 9.10. The van der Waals surface area contributed by atoms with Crippen molar-refractivity contribution in [2.24, 2.45) is 17.4 Å². The zero-order chi connectivity index (χ0) is 33.1. The molecule has 0 bridgehead atoms. The van der Waals surface area contributed by atoms with Gasteiger partial charge >= 0.3 is 0 Å². The molecule has 0 aliphatic heterocycles. The van der Waals surface area contributed by atoms with Crippen molar-refractivity contribution in [3.05, 3.63) is 94.1 Å². The fourth-order valence-electron chi connectivity index (χ4n) is 5.53. The van der Waals surface area contributed by atoms with Crippen LogP contribution in [0, 0.1) is 6.92 Å². The standard InChI is InChI=1S/C34H44ClN7O3S/c1-22-27(26-10-4-5-11-28(26)41-22)18-30(42(2)34(44)29(40-21-45-38)12-7-8-16-36)33(43)39-20-24-17-25(35)14-15-32(24)46-31-13-6-3-9-23(31)19-37/h3-6,9-11,13-15,17,29-30,40-41H,7-8,12,16,18-21,36-38H2,1-2H3,(H,39,43)/t29-,30-/m0/s1. The minimum absolute atomic E-state index is 0.00616. The summed E-state index contributed by atoms with van der Waals surface area (Å²) in [6, 6.07) is 20.1. The van der Waals surface area contributed by atoms with Crippen LogP contribution in [0.3, 0.4) is 0 Å². The summed E-state index contributed by atoms with van der Waals surface area (Å²) in [6.45, 7) is 3.13. The number of carbonyl (C=O) groups excluding carboxylic acids is 2. The van der Waals surface area contributed by atoms with E-state index < -0.39 is 12.1 Å². The number of fused-ring (bicyclic) bond motifs is 1. The molecule has 246 valence electrons. The number of halogens is 1. The van der Waals surface area contributed by atoms with E-state index in [1.807, 2.05) is 73.7 Å². The van der Waals surface area contributed by atoms with Crippen LogP contribution in [-0.2, 0) is 33.9 Å². The lowest BCUT2D eigenvalue weighted by Crippen LogP contribution is -2.54. The number of para-hydroxylation sites is 1. The van der Waals surface area contributed by atoms with Gasteiger partial charge in [0.1, 0.15) is 12.8 Å². The first kappa shape index (κ1) is 35.4. The molecule has 0 fully saturated rings. The molecule has 46 heavy (non-hydrogen) atoms. The van der Waals surface area contributed by atoms with E-state index in [1.54, 1.807) is 18.8 Å². The average molecular weight is 666 g/mol. The van der Waals surface area contributed by atoms with Gasteiger partial charge in [-0.3, -0.25) is 19.7 Å². The van der Waals surface area contributed by atoms with E-state index in [-0.39, 0.29) is 25.1 Å². The normalized spacial score (nSPS) is 12.7. The first-order valence-electron chi connectivity index (χ1n) is 15.4. The number of carbonyl (C=O) groups is 2. The smallest absolute Gasteiger partial charge is 0.243 e. The number of rotatable bonds is 17. The molecule has 0 radical (unpaired) electrons. The van der Waals surface area contributed by atoms with E-state index >= 15 is 0 Å². The Kier molecular flexibility index (Phi) is 13.5. The highest BCUT2D eigenvalue weighted by Gasteiger charge is 2.32. The minimum Gasteiger partial charge on any atom is -0.358 e. The second-order valence-corrected chi connectivity index (χ2v) is 12.7. The van der Waals surface area contributed by atoms with Crippen LogP contribution in [0.25, 0.3) is 10.9 Å². The second-order valence-electron chi connectivity index (χ2n) is 11.2. The number of benzene rings is 3. The van der Waals surface area contributed by atoms with Crippen molar-refractivity contribution in [3.63, 3.8) is 0 Å². The van der Waals surface area contributed by atoms with E-state index in [1.165, 1.54) is 4.90 Å². The molecule has 10 nitrogen and oxygen atoms in total. The van der Waals surface area contributed by atoms with Gasteiger partial charge in [0.15, 0.2) is 0 Å². The lowest BCUT2D eigenvalue weighted by Gasteiger charge is -2.31. The Morgan fingerprint density at radius 3 is 2.52 bits per heavy atom. The summed E-state index contributed by atoms with van der Waals surface area (Å²) in [6.07, 6.45) is 2.34. The van der Waals surface area contributed by atoms with Crippen LogP contribution >= 0.6 is 23.4 Å². The molecule has 1 aromatic heterocycles. The van der Waals surface area contributed by atoms with Crippen molar-refractivity contribution >= 4 is 46.1 Å². The Hall–Kier alpha value is -3.42. The predicted octanol–water partition coefficient (Wildman–Crippen LogP) is 4.36.